The van der Waals surface area contributed by atoms with Gasteiger partial charge in [0.2, 0.25) is 0 Å². The number of nitrogens with one attached hydrogen (secondary N) is 2. The molecule has 1 aromatic carbocycles. The number of halogens is 1. The van der Waals surface area contributed by atoms with Crippen LogP contribution in [0.25, 0.3) is 0 Å². The highest BCUT2D eigenvalue weighted by atomic mass is 79.9. The van der Waals surface area contributed by atoms with Gasteiger partial charge in [-0.25, -0.2) is 5.43 Å². The minimum atomic E-state index is -0.215. The summed E-state index contributed by atoms with van der Waals surface area (Å²) in [6.45, 7) is 0.159. The lowest BCUT2D eigenvalue weighted by molar-refractivity contribution is -0.119. The molecule has 2 rings (SSSR count). The van der Waals surface area contributed by atoms with Crippen LogP contribution in [-0.2, 0) is 4.79 Å². The molecule has 2 N–H and O–H groups in total. The second-order valence-electron chi connectivity index (χ2n) is 3.94. The molecule has 0 atom stereocenters. The molecule has 0 aliphatic carbocycles. The maximum atomic E-state index is 11.6. The zero-order valence-electron chi connectivity index (χ0n) is 10.6. The SMILES string of the molecule is O=C(CNc1ccc(Br)cc1)N/N=C/c1cccnc1. The van der Waals surface area contributed by atoms with Gasteiger partial charge in [-0.05, 0) is 30.3 Å². The van der Waals surface area contributed by atoms with Crippen molar-refractivity contribution in [1.29, 1.82) is 0 Å². The Labute approximate surface area is 125 Å². The quantitative estimate of drug-likeness (QED) is 0.652. The number of rotatable bonds is 5. The Morgan fingerprint density at radius 3 is 2.80 bits per heavy atom. The van der Waals surface area contributed by atoms with Gasteiger partial charge in [0, 0.05) is 28.1 Å². The minimum Gasteiger partial charge on any atom is -0.376 e. The molecule has 0 unspecified atom stereocenters. The highest BCUT2D eigenvalue weighted by Gasteiger charge is 1.99. The van der Waals surface area contributed by atoms with E-state index in [1.165, 1.54) is 0 Å². The summed E-state index contributed by atoms with van der Waals surface area (Å²) in [4.78, 5) is 15.5. The van der Waals surface area contributed by atoms with Crippen LogP contribution >= 0.6 is 15.9 Å². The van der Waals surface area contributed by atoms with Crippen molar-refractivity contribution in [2.45, 2.75) is 0 Å². The van der Waals surface area contributed by atoms with Crippen molar-refractivity contribution in [3.63, 3.8) is 0 Å². The van der Waals surface area contributed by atoms with Gasteiger partial charge in [-0.3, -0.25) is 9.78 Å². The van der Waals surface area contributed by atoms with Gasteiger partial charge in [-0.2, -0.15) is 5.10 Å². The summed E-state index contributed by atoms with van der Waals surface area (Å²) in [5, 5.41) is 6.86. The van der Waals surface area contributed by atoms with Gasteiger partial charge in [-0.15, -0.1) is 0 Å². The van der Waals surface area contributed by atoms with Gasteiger partial charge < -0.3 is 5.32 Å². The van der Waals surface area contributed by atoms with Crippen molar-refractivity contribution in [3.05, 3.63) is 58.8 Å². The number of benzene rings is 1. The predicted molar refractivity (Wildman–Crippen MR) is 82.6 cm³/mol. The number of hydrogen-bond acceptors (Lipinski definition) is 4. The number of anilines is 1. The van der Waals surface area contributed by atoms with Gasteiger partial charge in [0.15, 0.2) is 0 Å². The first-order valence-electron chi connectivity index (χ1n) is 5.95. The van der Waals surface area contributed by atoms with E-state index in [-0.39, 0.29) is 12.5 Å². The maximum absolute atomic E-state index is 11.6. The van der Waals surface area contributed by atoms with Crippen molar-refractivity contribution >= 4 is 33.7 Å². The molecule has 0 saturated heterocycles. The van der Waals surface area contributed by atoms with Crippen LogP contribution in [0.2, 0.25) is 0 Å². The van der Waals surface area contributed by atoms with Crippen LogP contribution in [-0.4, -0.2) is 23.7 Å². The molecule has 6 heteroatoms. The van der Waals surface area contributed by atoms with Crippen molar-refractivity contribution in [2.24, 2.45) is 5.10 Å². The standard InChI is InChI=1S/C14H13BrN4O/c15-12-3-5-13(6-4-12)17-10-14(20)19-18-9-11-2-1-7-16-8-11/h1-9,17H,10H2,(H,19,20)/b18-9+. The number of carbonyl (C=O) groups is 1. The lowest BCUT2D eigenvalue weighted by atomic mass is 10.3. The average molecular weight is 333 g/mol. The molecule has 0 bridgehead atoms. The number of hydrogen-bond donors (Lipinski definition) is 2. The Hall–Kier alpha value is -2.21. The third kappa shape index (κ3) is 4.81. The van der Waals surface area contributed by atoms with Crippen LogP contribution in [0.15, 0.2) is 58.4 Å². The van der Waals surface area contributed by atoms with E-state index in [0.29, 0.717) is 0 Å². The zero-order valence-corrected chi connectivity index (χ0v) is 12.2. The second-order valence-corrected chi connectivity index (χ2v) is 4.86. The number of aromatic nitrogens is 1. The van der Waals surface area contributed by atoms with Gasteiger partial charge in [0.25, 0.3) is 5.91 Å². The maximum Gasteiger partial charge on any atom is 0.259 e. The molecule has 0 radical (unpaired) electrons. The van der Waals surface area contributed by atoms with E-state index in [4.69, 9.17) is 0 Å². The topological polar surface area (TPSA) is 66.4 Å². The summed E-state index contributed by atoms with van der Waals surface area (Å²) >= 11 is 3.35. The van der Waals surface area contributed by atoms with Crippen LogP contribution in [0.3, 0.4) is 0 Å². The molecular weight excluding hydrogens is 320 g/mol. The van der Waals surface area contributed by atoms with Crippen LogP contribution in [0.1, 0.15) is 5.56 Å². The molecule has 1 heterocycles. The fraction of sp³-hybridized carbons (Fsp3) is 0.0714. The van der Waals surface area contributed by atoms with E-state index < -0.39 is 0 Å². The largest absolute Gasteiger partial charge is 0.376 e. The van der Waals surface area contributed by atoms with E-state index in [2.05, 4.69) is 36.8 Å². The average Bonchev–Trinajstić information content (AvgIpc) is 2.48. The zero-order chi connectivity index (χ0) is 14.2. The molecule has 0 saturated carbocycles. The van der Waals surface area contributed by atoms with Crippen LogP contribution in [0.5, 0.6) is 0 Å². The highest BCUT2D eigenvalue weighted by Crippen LogP contribution is 2.13. The fourth-order valence-corrected chi connectivity index (χ4v) is 1.69. The van der Waals surface area contributed by atoms with Crippen LogP contribution in [0, 0.1) is 0 Å². The van der Waals surface area contributed by atoms with Gasteiger partial charge in [-0.1, -0.05) is 22.0 Å². The Bertz CT molecular complexity index is 584. The molecule has 0 aliphatic heterocycles. The Morgan fingerprint density at radius 2 is 2.10 bits per heavy atom. The van der Waals surface area contributed by atoms with Gasteiger partial charge in [0.05, 0.1) is 12.8 Å². The third-order valence-electron chi connectivity index (χ3n) is 2.38. The lowest BCUT2D eigenvalue weighted by Gasteiger charge is -2.04. The number of amides is 1. The van der Waals surface area contributed by atoms with E-state index in [1.807, 2.05) is 30.3 Å². The van der Waals surface area contributed by atoms with E-state index in [1.54, 1.807) is 24.7 Å². The summed E-state index contributed by atoms with van der Waals surface area (Å²) in [6.07, 6.45) is 4.89. The molecule has 0 aliphatic rings. The first kappa shape index (κ1) is 14.2. The first-order chi connectivity index (χ1) is 9.74. The fourth-order valence-electron chi connectivity index (χ4n) is 1.42. The second kappa shape index (κ2) is 7.40. The molecule has 1 aromatic heterocycles. The highest BCUT2D eigenvalue weighted by molar-refractivity contribution is 9.10. The Kier molecular flexibility index (Phi) is 5.25. The predicted octanol–water partition coefficient (Wildman–Crippen LogP) is 2.41. The summed E-state index contributed by atoms with van der Waals surface area (Å²) in [5.41, 5.74) is 4.15. The summed E-state index contributed by atoms with van der Waals surface area (Å²) in [6, 6.07) is 11.2. The number of hydrazone groups is 1. The van der Waals surface area contributed by atoms with E-state index in [0.717, 1.165) is 15.7 Å². The molecule has 2 aromatic rings. The van der Waals surface area contributed by atoms with Crippen molar-refractivity contribution in [1.82, 2.24) is 10.4 Å². The van der Waals surface area contributed by atoms with Crippen LogP contribution < -0.4 is 10.7 Å². The summed E-state index contributed by atoms with van der Waals surface area (Å²) in [7, 11) is 0. The minimum absolute atomic E-state index is 0.159. The first-order valence-corrected chi connectivity index (χ1v) is 6.75. The van der Waals surface area contributed by atoms with Gasteiger partial charge in [0.1, 0.15) is 0 Å². The van der Waals surface area contributed by atoms with Crippen LogP contribution in [0.4, 0.5) is 5.69 Å². The van der Waals surface area contributed by atoms with E-state index in [9.17, 15) is 4.79 Å². The molecule has 102 valence electrons. The van der Waals surface area contributed by atoms with Crippen molar-refractivity contribution in [3.8, 4) is 0 Å². The monoisotopic (exact) mass is 332 g/mol. The molecular formula is C14H13BrN4O. The molecule has 20 heavy (non-hydrogen) atoms. The molecule has 1 amide bonds. The Morgan fingerprint density at radius 1 is 1.30 bits per heavy atom. The number of carbonyl (C=O) groups excluding carboxylic acids is 1. The van der Waals surface area contributed by atoms with Crippen molar-refractivity contribution < 1.29 is 4.79 Å². The molecule has 0 fully saturated rings. The molecule has 0 spiro atoms. The lowest BCUT2D eigenvalue weighted by Crippen LogP contribution is -2.25. The Balaban J connectivity index is 1.76. The number of pyridine rings is 1. The van der Waals surface area contributed by atoms with Gasteiger partial charge >= 0.3 is 0 Å². The summed E-state index contributed by atoms with van der Waals surface area (Å²) < 4.78 is 0.994. The summed E-state index contributed by atoms with van der Waals surface area (Å²) in [5.74, 6) is -0.215. The van der Waals surface area contributed by atoms with E-state index >= 15 is 0 Å². The normalized spacial score (nSPS) is 10.4. The smallest absolute Gasteiger partial charge is 0.259 e. The van der Waals surface area contributed by atoms with Crippen molar-refractivity contribution in [2.75, 3.05) is 11.9 Å². The third-order valence-corrected chi connectivity index (χ3v) is 2.91. The number of nitrogens with zero attached hydrogens (tertiary/aromatic N) is 2. The molecule has 5 nitrogen and oxygen atoms in total.